The van der Waals surface area contributed by atoms with Crippen molar-refractivity contribution in [1.82, 2.24) is 0 Å². The van der Waals surface area contributed by atoms with Gasteiger partial charge in [-0.25, -0.2) is 4.79 Å². The lowest BCUT2D eigenvalue weighted by atomic mass is 9.87. The third-order valence-corrected chi connectivity index (χ3v) is 6.06. The minimum Gasteiger partial charge on any atom is -0.481 e. The lowest BCUT2D eigenvalue weighted by molar-refractivity contribution is -0.145. The topological polar surface area (TPSA) is 63.6 Å². The largest absolute Gasteiger partial charge is 0.481 e. The maximum atomic E-state index is 14.2. The van der Waals surface area contributed by atoms with E-state index in [4.69, 9.17) is 0 Å². The summed E-state index contributed by atoms with van der Waals surface area (Å²) < 4.78 is 18.9. The van der Waals surface area contributed by atoms with Crippen LogP contribution in [0.3, 0.4) is 0 Å². The van der Waals surface area contributed by atoms with Gasteiger partial charge in [0, 0.05) is 5.92 Å². The Morgan fingerprint density at radius 3 is 2.38 bits per heavy atom. The molecule has 5 heteroatoms. The second kappa shape index (κ2) is 7.82. The van der Waals surface area contributed by atoms with Crippen molar-refractivity contribution in [1.29, 1.82) is 0 Å². The summed E-state index contributed by atoms with van der Waals surface area (Å²) in [6.45, 7) is 5.24. The number of allylic oxidation sites excluding steroid dienone is 1. The minimum absolute atomic E-state index is 0.0600. The van der Waals surface area contributed by atoms with Crippen LogP contribution in [0.15, 0.2) is 66.5 Å². The number of carbonyl (C=O) groups excluding carboxylic acids is 1. The Balaban J connectivity index is 1.92. The first-order valence-corrected chi connectivity index (χ1v) is 9.66. The molecule has 1 N–H and O–H groups in total. The summed E-state index contributed by atoms with van der Waals surface area (Å²) in [5, 5.41) is 10.0. The molecule has 0 aromatic heterocycles. The van der Waals surface area contributed by atoms with E-state index in [1.165, 1.54) is 0 Å². The SMILES string of the molecule is CCOC(=O)/C(F)=C\C1C(C)(C)[C@]1(Cc1cccc(-c2ccccc2)c1)C(=O)O. The first-order chi connectivity index (χ1) is 13.7. The molecule has 1 fully saturated rings. The maximum absolute atomic E-state index is 14.2. The molecular weight excluding hydrogens is 371 g/mol. The number of carboxylic acid groups (broad SMARTS) is 1. The molecule has 1 unspecified atom stereocenters. The number of hydrogen-bond acceptors (Lipinski definition) is 3. The number of esters is 1. The average molecular weight is 396 g/mol. The lowest BCUT2D eigenvalue weighted by Crippen LogP contribution is -2.24. The smallest absolute Gasteiger partial charge is 0.366 e. The van der Waals surface area contributed by atoms with Crippen LogP contribution in [0.4, 0.5) is 4.39 Å². The van der Waals surface area contributed by atoms with E-state index in [0.29, 0.717) is 0 Å². The van der Waals surface area contributed by atoms with Crippen LogP contribution in [-0.4, -0.2) is 23.7 Å². The fourth-order valence-electron chi connectivity index (χ4n) is 4.30. The molecule has 1 aliphatic carbocycles. The molecule has 3 rings (SSSR count). The molecule has 0 bridgehead atoms. The molecule has 2 aromatic rings. The summed E-state index contributed by atoms with van der Waals surface area (Å²) in [5.74, 6) is -3.70. The Morgan fingerprint density at radius 1 is 1.10 bits per heavy atom. The van der Waals surface area contributed by atoms with Crippen molar-refractivity contribution < 1.29 is 23.8 Å². The van der Waals surface area contributed by atoms with Gasteiger partial charge in [-0.05, 0) is 41.5 Å². The van der Waals surface area contributed by atoms with Crippen LogP contribution in [-0.2, 0) is 20.7 Å². The number of carbonyl (C=O) groups is 2. The zero-order chi connectivity index (χ0) is 21.2. The number of hydrogen-bond donors (Lipinski definition) is 1. The van der Waals surface area contributed by atoms with E-state index in [9.17, 15) is 19.1 Å². The Bertz CT molecular complexity index is 948. The van der Waals surface area contributed by atoms with E-state index in [-0.39, 0.29) is 13.0 Å². The van der Waals surface area contributed by atoms with Crippen molar-refractivity contribution in [2.24, 2.45) is 16.7 Å². The number of ether oxygens (including phenoxy) is 1. The predicted molar refractivity (Wildman–Crippen MR) is 109 cm³/mol. The predicted octanol–water partition coefficient (Wildman–Crippen LogP) is 5.04. The molecule has 2 aromatic carbocycles. The highest BCUT2D eigenvalue weighted by Gasteiger charge is 2.74. The van der Waals surface area contributed by atoms with Gasteiger partial charge in [0.05, 0.1) is 12.0 Å². The number of benzene rings is 2. The Kier molecular flexibility index (Phi) is 5.60. The van der Waals surface area contributed by atoms with Crippen molar-refractivity contribution in [2.75, 3.05) is 6.61 Å². The van der Waals surface area contributed by atoms with E-state index in [0.717, 1.165) is 22.8 Å². The van der Waals surface area contributed by atoms with Gasteiger partial charge in [-0.1, -0.05) is 68.4 Å². The summed E-state index contributed by atoms with van der Waals surface area (Å²) >= 11 is 0. The molecule has 2 atom stereocenters. The van der Waals surface area contributed by atoms with E-state index < -0.39 is 34.5 Å². The average Bonchev–Trinajstić information content (AvgIpc) is 3.17. The summed E-state index contributed by atoms with van der Waals surface area (Å²) in [6, 6.07) is 17.5. The molecule has 0 heterocycles. The Morgan fingerprint density at radius 2 is 1.76 bits per heavy atom. The highest BCUT2D eigenvalue weighted by molar-refractivity contribution is 5.87. The molecule has 0 spiro atoms. The fraction of sp³-hybridized carbons (Fsp3) is 0.333. The zero-order valence-corrected chi connectivity index (χ0v) is 16.8. The minimum atomic E-state index is -1.19. The van der Waals surface area contributed by atoms with Crippen molar-refractivity contribution in [3.05, 3.63) is 72.1 Å². The molecule has 0 amide bonds. The second-order valence-corrected chi connectivity index (χ2v) is 7.95. The Labute approximate surface area is 170 Å². The molecule has 29 heavy (non-hydrogen) atoms. The van der Waals surface area contributed by atoms with Crippen LogP contribution in [0.5, 0.6) is 0 Å². The molecule has 0 saturated heterocycles. The molecule has 4 nitrogen and oxygen atoms in total. The zero-order valence-electron chi connectivity index (χ0n) is 16.8. The van der Waals surface area contributed by atoms with Gasteiger partial charge in [-0.3, -0.25) is 4.79 Å². The molecule has 0 aliphatic heterocycles. The number of carboxylic acids is 1. The molecule has 1 aliphatic rings. The van der Waals surface area contributed by atoms with Gasteiger partial charge < -0.3 is 9.84 Å². The third-order valence-electron chi connectivity index (χ3n) is 6.06. The van der Waals surface area contributed by atoms with Crippen LogP contribution in [0.2, 0.25) is 0 Å². The van der Waals surface area contributed by atoms with Crippen molar-refractivity contribution in [2.45, 2.75) is 27.2 Å². The highest BCUT2D eigenvalue weighted by atomic mass is 19.1. The summed E-state index contributed by atoms with van der Waals surface area (Å²) in [5.41, 5.74) is 0.997. The molecule has 0 radical (unpaired) electrons. The molecular formula is C24H25FO4. The first kappa shape index (κ1) is 20.8. The van der Waals surface area contributed by atoms with Gasteiger partial charge >= 0.3 is 11.9 Å². The normalized spacial score (nSPS) is 22.8. The summed E-state index contributed by atoms with van der Waals surface area (Å²) in [7, 11) is 0. The van der Waals surface area contributed by atoms with Gasteiger partial charge in [-0.15, -0.1) is 0 Å². The maximum Gasteiger partial charge on any atom is 0.366 e. The van der Waals surface area contributed by atoms with Crippen LogP contribution in [0.25, 0.3) is 11.1 Å². The monoisotopic (exact) mass is 396 g/mol. The molecule has 152 valence electrons. The van der Waals surface area contributed by atoms with Crippen molar-refractivity contribution in [3.8, 4) is 11.1 Å². The van der Waals surface area contributed by atoms with Gasteiger partial charge in [0.2, 0.25) is 5.83 Å². The first-order valence-electron chi connectivity index (χ1n) is 9.66. The number of rotatable bonds is 7. The van der Waals surface area contributed by atoms with Crippen molar-refractivity contribution >= 4 is 11.9 Å². The van der Waals surface area contributed by atoms with Gasteiger partial charge in [0.25, 0.3) is 0 Å². The highest BCUT2D eigenvalue weighted by Crippen LogP contribution is 2.71. The standard InChI is InChI=1S/C24H25FO4/c1-4-29-21(26)19(25)14-20-23(2,3)24(20,22(27)28)15-16-9-8-12-18(13-16)17-10-6-5-7-11-17/h5-14,20H,4,15H2,1-3H3,(H,27,28)/b19-14+/t20?,24-/m0/s1. The third kappa shape index (κ3) is 3.69. The van der Waals surface area contributed by atoms with Crippen LogP contribution < -0.4 is 0 Å². The fourth-order valence-corrected chi connectivity index (χ4v) is 4.30. The van der Waals surface area contributed by atoms with Crippen LogP contribution in [0.1, 0.15) is 26.3 Å². The van der Waals surface area contributed by atoms with Gasteiger partial charge in [0.1, 0.15) is 0 Å². The quantitative estimate of drug-likeness (QED) is 0.526. The molecule has 1 saturated carbocycles. The second-order valence-electron chi connectivity index (χ2n) is 7.95. The van der Waals surface area contributed by atoms with Crippen molar-refractivity contribution in [3.63, 3.8) is 0 Å². The van der Waals surface area contributed by atoms with E-state index in [1.54, 1.807) is 20.8 Å². The van der Waals surface area contributed by atoms with E-state index in [1.807, 2.05) is 54.6 Å². The Hall–Kier alpha value is -2.95. The number of halogens is 1. The van der Waals surface area contributed by atoms with E-state index >= 15 is 0 Å². The van der Waals surface area contributed by atoms with Gasteiger partial charge in [-0.2, -0.15) is 4.39 Å². The van der Waals surface area contributed by atoms with Crippen LogP contribution in [0, 0.1) is 16.7 Å². The number of aliphatic carboxylic acids is 1. The van der Waals surface area contributed by atoms with Gasteiger partial charge in [0.15, 0.2) is 0 Å². The summed E-state index contributed by atoms with van der Waals surface area (Å²) in [6.07, 6.45) is 1.36. The van der Waals surface area contributed by atoms with E-state index in [2.05, 4.69) is 4.74 Å². The lowest BCUT2D eigenvalue weighted by Gasteiger charge is -2.16. The van der Waals surface area contributed by atoms with Crippen LogP contribution >= 0.6 is 0 Å². The summed E-state index contributed by atoms with van der Waals surface area (Å²) in [4.78, 5) is 23.9.